The van der Waals surface area contributed by atoms with Crippen molar-refractivity contribution in [3.05, 3.63) is 35.9 Å². The molecule has 1 aromatic rings. The Morgan fingerprint density at radius 3 is 2.38 bits per heavy atom. The molecule has 1 heterocycles. The molecule has 2 aliphatic rings. The Morgan fingerprint density at radius 2 is 1.79 bits per heavy atom. The van der Waals surface area contributed by atoms with Crippen LogP contribution >= 0.6 is 0 Å². The lowest BCUT2D eigenvalue weighted by molar-refractivity contribution is -0.116. The van der Waals surface area contributed by atoms with Gasteiger partial charge in [0.25, 0.3) is 0 Å². The zero-order valence-corrected chi connectivity index (χ0v) is 18.2. The molecule has 0 spiro atoms. The molecular weight excluding hydrogens is 386 g/mol. The van der Waals surface area contributed by atoms with E-state index in [1.54, 1.807) is 34.6 Å². The lowest BCUT2D eigenvalue weighted by Crippen LogP contribution is -2.35. The van der Waals surface area contributed by atoms with Gasteiger partial charge in [0, 0.05) is 38.3 Å². The second-order valence-electron chi connectivity index (χ2n) is 7.87. The van der Waals surface area contributed by atoms with E-state index >= 15 is 0 Å². The standard InChI is InChI=1S/C22H33N3O3S/c1-2-24(20-10-11-20)18-15-23-22(26)14-9-19-7-12-21(13-8-19)29(27,28)25-16-5-3-4-6-17-25/h7-9,12-14,20H,2-6,10-11,15-18H2,1H3,(H,23,26). The molecule has 29 heavy (non-hydrogen) atoms. The maximum absolute atomic E-state index is 12.8. The predicted octanol–water partition coefficient (Wildman–Crippen LogP) is 2.87. The monoisotopic (exact) mass is 419 g/mol. The number of amides is 1. The fraction of sp³-hybridized carbons (Fsp3) is 0.591. The van der Waals surface area contributed by atoms with E-state index in [0.717, 1.165) is 44.3 Å². The summed E-state index contributed by atoms with van der Waals surface area (Å²) in [5, 5.41) is 2.91. The van der Waals surface area contributed by atoms with Crippen molar-refractivity contribution in [2.24, 2.45) is 0 Å². The SMILES string of the molecule is CCN(CCNC(=O)C=Cc1ccc(S(=O)(=O)N2CCCCCC2)cc1)C1CC1. The van der Waals surface area contributed by atoms with Gasteiger partial charge in [0.2, 0.25) is 15.9 Å². The molecule has 0 atom stereocenters. The van der Waals surface area contributed by atoms with Crippen LogP contribution in [0.4, 0.5) is 0 Å². The third kappa shape index (κ3) is 6.39. The highest BCUT2D eigenvalue weighted by Gasteiger charge is 2.27. The number of rotatable bonds is 9. The Bertz CT molecular complexity index is 793. The van der Waals surface area contributed by atoms with Gasteiger partial charge in [-0.05, 0) is 56.0 Å². The number of hydrogen-bond donors (Lipinski definition) is 1. The molecule has 3 rings (SSSR count). The molecule has 0 radical (unpaired) electrons. The van der Waals surface area contributed by atoms with Crippen molar-refractivity contribution in [3.63, 3.8) is 0 Å². The maximum atomic E-state index is 12.8. The van der Waals surface area contributed by atoms with Crippen molar-refractivity contribution in [2.75, 3.05) is 32.7 Å². The van der Waals surface area contributed by atoms with Gasteiger partial charge in [-0.2, -0.15) is 4.31 Å². The van der Waals surface area contributed by atoms with Gasteiger partial charge < -0.3 is 5.32 Å². The highest BCUT2D eigenvalue weighted by atomic mass is 32.2. The highest BCUT2D eigenvalue weighted by molar-refractivity contribution is 7.89. The lowest BCUT2D eigenvalue weighted by Gasteiger charge is -2.20. The largest absolute Gasteiger partial charge is 0.351 e. The first-order valence-corrected chi connectivity index (χ1v) is 12.2. The van der Waals surface area contributed by atoms with Crippen LogP contribution in [0.3, 0.4) is 0 Å². The second-order valence-corrected chi connectivity index (χ2v) is 9.81. The molecule has 0 unspecified atom stereocenters. The molecule has 1 aromatic carbocycles. The Labute approximate surface area is 175 Å². The number of likely N-dealkylation sites (N-methyl/N-ethyl adjacent to an activating group) is 1. The van der Waals surface area contributed by atoms with E-state index in [9.17, 15) is 13.2 Å². The summed E-state index contributed by atoms with van der Waals surface area (Å²) in [6, 6.07) is 7.47. The smallest absolute Gasteiger partial charge is 0.244 e. The molecule has 1 aliphatic carbocycles. The first kappa shape index (κ1) is 22.0. The summed E-state index contributed by atoms with van der Waals surface area (Å²) in [6.07, 6.45) is 9.79. The molecular formula is C22H33N3O3S. The summed E-state index contributed by atoms with van der Waals surface area (Å²) >= 11 is 0. The third-order valence-electron chi connectivity index (χ3n) is 5.68. The van der Waals surface area contributed by atoms with E-state index in [4.69, 9.17) is 0 Å². The molecule has 1 saturated carbocycles. The predicted molar refractivity (Wildman–Crippen MR) is 116 cm³/mol. The van der Waals surface area contributed by atoms with Crippen LogP contribution in [0, 0.1) is 0 Å². The number of carbonyl (C=O) groups is 1. The second kappa shape index (κ2) is 10.4. The number of nitrogens with one attached hydrogen (secondary N) is 1. The van der Waals surface area contributed by atoms with Crippen molar-refractivity contribution >= 4 is 22.0 Å². The van der Waals surface area contributed by atoms with E-state index < -0.39 is 10.0 Å². The van der Waals surface area contributed by atoms with Gasteiger partial charge in [-0.3, -0.25) is 9.69 Å². The quantitative estimate of drug-likeness (QED) is 0.625. The van der Waals surface area contributed by atoms with Gasteiger partial charge in [0.05, 0.1) is 4.90 Å². The van der Waals surface area contributed by atoms with Crippen molar-refractivity contribution in [3.8, 4) is 0 Å². The van der Waals surface area contributed by atoms with Crippen LogP contribution in [0.25, 0.3) is 6.08 Å². The normalized spacial score (nSPS) is 18.8. The first-order valence-electron chi connectivity index (χ1n) is 10.8. The maximum Gasteiger partial charge on any atom is 0.244 e. The Balaban J connectivity index is 1.50. The minimum atomic E-state index is -3.43. The van der Waals surface area contributed by atoms with Crippen LogP contribution in [-0.2, 0) is 14.8 Å². The van der Waals surface area contributed by atoms with Gasteiger partial charge in [-0.1, -0.05) is 31.9 Å². The van der Waals surface area contributed by atoms with Crippen molar-refractivity contribution < 1.29 is 13.2 Å². The Kier molecular flexibility index (Phi) is 7.86. The van der Waals surface area contributed by atoms with Gasteiger partial charge in [0.15, 0.2) is 0 Å². The Morgan fingerprint density at radius 1 is 1.14 bits per heavy atom. The molecule has 6 nitrogen and oxygen atoms in total. The summed E-state index contributed by atoms with van der Waals surface area (Å²) in [5.74, 6) is -0.127. The summed E-state index contributed by atoms with van der Waals surface area (Å²) in [4.78, 5) is 14.7. The summed E-state index contributed by atoms with van der Waals surface area (Å²) in [6.45, 7) is 5.88. The van der Waals surface area contributed by atoms with Crippen LogP contribution in [0.1, 0.15) is 51.0 Å². The van der Waals surface area contributed by atoms with E-state index in [2.05, 4.69) is 17.1 Å². The molecule has 2 fully saturated rings. The highest BCUT2D eigenvalue weighted by Crippen LogP contribution is 2.25. The lowest BCUT2D eigenvalue weighted by atomic mass is 10.2. The number of sulfonamides is 1. The van der Waals surface area contributed by atoms with Gasteiger partial charge in [-0.15, -0.1) is 0 Å². The van der Waals surface area contributed by atoms with Crippen LogP contribution in [0.15, 0.2) is 35.2 Å². The van der Waals surface area contributed by atoms with Crippen molar-refractivity contribution in [2.45, 2.75) is 56.4 Å². The minimum Gasteiger partial charge on any atom is -0.351 e. The number of benzene rings is 1. The Hall–Kier alpha value is -1.70. The molecule has 0 aromatic heterocycles. The zero-order chi connectivity index (χ0) is 20.7. The minimum absolute atomic E-state index is 0.127. The molecule has 1 amide bonds. The summed E-state index contributed by atoms with van der Waals surface area (Å²) in [7, 11) is -3.43. The molecule has 7 heteroatoms. The fourth-order valence-electron chi connectivity index (χ4n) is 3.77. The summed E-state index contributed by atoms with van der Waals surface area (Å²) in [5.41, 5.74) is 0.808. The third-order valence-corrected chi connectivity index (χ3v) is 7.59. The van der Waals surface area contributed by atoms with Gasteiger partial charge in [-0.25, -0.2) is 8.42 Å². The van der Waals surface area contributed by atoms with Gasteiger partial charge >= 0.3 is 0 Å². The van der Waals surface area contributed by atoms with E-state index in [-0.39, 0.29) is 5.91 Å². The fourth-order valence-corrected chi connectivity index (χ4v) is 5.29. The van der Waals surface area contributed by atoms with E-state index in [0.29, 0.717) is 30.6 Å². The van der Waals surface area contributed by atoms with Gasteiger partial charge in [0.1, 0.15) is 0 Å². The topological polar surface area (TPSA) is 69.7 Å². The molecule has 1 N–H and O–H groups in total. The molecule has 160 valence electrons. The summed E-state index contributed by atoms with van der Waals surface area (Å²) < 4.78 is 27.2. The number of nitrogens with zero attached hydrogens (tertiary/aromatic N) is 2. The van der Waals surface area contributed by atoms with Crippen molar-refractivity contribution in [1.29, 1.82) is 0 Å². The average Bonchev–Trinajstić information content (AvgIpc) is 3.57. The number of carbonyl (C=O) groups excluding carboxylic acids is 1. The van der Waals surface area contributed by atoms with Crippen LogP contribution in [0.2, 0.25) is 0 Å². The van der Waals surface area contributed by atoms with Crippen LogP contribution in [-0.4, -0.2) is 62.3 Å². The molecule has 0 bridgehead atoms. The van der Waals surface area contributed by atoms with E-state index in [1.165, 1.54) is 18.9 Å². The first-order chi connectivity index (χ1) is 14.0. The van der Waals surface area contributed by atoms with Crippen LogP contribution in [0.5, 0.6) is 0 Å². The number of hydrogen-bond acceptors (Lipinski definition) is 4. The molecule has 1 saturated heterocycles. The van der Waals surface area contributed by atoms with E-state index in [1.807, 2.05) is 0 Å². The zero-order valence-electron chi connectivity index (χ0n) is 17.3. The van der Waals surface area contributed by atoms with Crippen LogP contribution < -0.4 is 5.32 Å². The molecule has 1 aliphatic heterocycles. The van der Waals surface area contributed by atoms with Crippen molar-refractivity contribution in [1.82, 2.24) is 14.5 Å². The average molecular weight is 420 g/mol.